The highest BCUT2D eigenvalue weighted by Crippen LogP contribution is 2.35. The molecular formula is C30H60O2. The second kappa shape index (κ2) is 23.6. The van der Waals surface area contributed by atoms with Gasteiger partial charge in [0, 0.05) is 0 Å². The second-order valence-electron chi connectivity index (χ2n) is 10.5. The zero-order valence-corrected chi connectivity index (χ0v) is 22.5. The molecule has 32 heavy (non-hydrogen) atoms. The quantitative estimate of drug-likeness (QED) is 0.132. The van der Waals surface area contributed by atoms with Crippen LogP contribution in [0.4, 0.5) is 0 Å². The van der Waals surface area contributed by atoms with Crippen LogP contribution in [0.15, 0.2) is 0 Å². The fourth-order valence-corrected chi connectivity index (χ4v) is 5.10. The Morgan fingerprint density at radius 1 is 0.469 bits per heavy atom. The Balaban J connectivity index is 3.52. The monoisotopic (exact) mass is 452 g/mol. The van der Waals surface area contributed by atoms with E-state index in [2.05, 4.69) is 20.8 Å². The number of rotatable bonds is 26. The van der Waals surface area contributed by atoms with Gasteiger partial charge in [-0.25, -0.2) is 0 Å². The summed E-state index contributed by atoms with van der Waals surface area (Å²) in [6.07, 6.45) is 32.1. The van der Waals surface area contributed by atoms with Crippen molar-refractivity contribution in [1.82, 2.24) is 0 Å². The first-order valence-corrected chi connectivity index (χ1v) is 14.9. The van der Waals surface area contributed by atoms with Gasteiger partial charge in [-0.1, -0.05) is 162 Å². The summed E-state index contributed by atoms with van der Waals surface area (Å²) in [7, 11) is 0. The van der Waals surface area contributed by atoms with Gasteiger partial charge in [0.2, 0.25) is 0 Å². The average Bonchev–Trinajstić information content (AvgIpc) is 2.79. The summed E-state index contributed by atoms with van der Waals surface area (Å²) in [5.74, 6) is -0.552. The standard InChI is InChI=1S/C30H60O2/c1-4-7-9-11-12-13-14-15-16-17-18-19-20-21-22-23-24-26-28-30(6-3,29(31)32)27-25-10-8-5-2/h4-28H2,1-3H3,(H,31,32). The molecule has 0 amide bonds. The van der Waals surface area contributed by atoms with Crippen molar-refractivity contribution in [3.8, 4) is 0 Å². The Labute approximate surface area is 202 Å². The third-order valence-electron chi connectivity index (χ3n) is 7.65. The molecule has 0 spiro atoms. The van der Waals surface area contributed by atoms with Gasteiger partial charge in [-0.15, -0.1) is 0 Å². The molecule has 1 atom stereocenters. The Bertz CT molecular complexity index is 392. The average molecular weight is 453 g/mol. The van der Waals surface area contributed by atoms with Crippen LogP contribution in [0.5, 0.6) is 0 Å². The molecule has 0 heterocycles. The summed E-state index contributed by atoms with van der Waals surface area (Å²) in [6.45, 7) is 6.57. The number of unbranched alkanes of at least 4 members (excludes halogenated alkanes) is 20. The molecule has 2 nitrogen and oxygen atoms in total. The molecule has 1 unspecified atom stereocenters. The van der Waals surface area contributed by atoms with E-state index in [4.69, 9.17) is 0 Å². The molecule has 0 aromatic heterocycles. The van der Waals surface area contributed by atoms with Crippen LogP contribution in [0, 0.1) is 5.41 Å². The highest BCUT2D eigenvalue weighted by molar-refractivity contribution is 5.74. The predicted molar refractivity (Wildman–Crippen MR) is 143 cm³/mol. The summed E-state index contributed by atoms with van der Waals surface area (Å²) in [6, 6.07) is 0. The molecule has 0 rings (SSSR count). The number of carboxylic acids is 1. The number of carbonyl (C=O) groups is 1. The van der Waals surface area contributed by atoms with E-state index in [0.29, 0.717) is 0 Å². The topological polar surface area (TPSA) is 37.3 Å². The van der Waals surface area contributed by atoms with E-state index in [1.54, 1.807) is 0 Å². The van der Waals surface area contributed by atoms with Gasteiger partial charge in [0.05, 0.1) is 5.41 Å². The van der Waals surface area contributed by atoms with Crippen molar-refractivity contribution < 1.29 is 9.90 Å². The predicted octanol–water partition coefficient (Wildman–Crippen LogP) is 10.9. The van der Waals surface area contributed by atoms with Gasteiger partial charge < -0.3 is 5.11 Å². The van der Waals surface area contributed by atoms with Crippen molar-refractivity contribution >= 4 is 5.97 Å². The summed E-state index contributed by atoms with van der Waals surface area (Å²) < 4.78 is 0. The van der Waals surface area contributed by atoms with E-state index in [1.807, 2.05) is 0 Å². The zero-order chi connectivity index (χ0) is 23.8. The fraction of sp³-hybridized carbons (Fsp3) is 0.967. The van der Waals surface area contributed by atoms with Crippen molar-refractivity contribution in [2.75, 3.05) is 0 Å². The molecule has 0 saturated carbocycles. The van der Waals surface area contributed by atoms with Gasteiger partial charge in [0.15, 0.2) is 0 Å². The van der Waals surface area contributed by atoms with Gasteiger partial charge in [-0.2, -0.15) is 0 Å². The first-order valence-electron chi connectivity index (χ1n) is 14.9. The Kier molecular flexibility index (Phi) is 23.2. The van der Waals surface area contributed by atoms with Crippen molar-refractivity contribution in [3.63, 3.8) is 0 Å². The maximum atomic E-state index is 11.9. The molecular weight excluding hydrogens is 392 g/mol. The van der Waals surface area contributed by atoms with Crippen LogP contribution in [0.1, 0.15) is 181 Å². The van der Waals surface area contributed by atoms with Crippen LogP contribution in [0.25, 0.3) is 0 Å². The molecule has 0 bridgehead atoms. The molecule has 0 radical (unpaired) electrons. The number of aliphatic carboxylic acids is 1. The molecule has 0 aliphatic heterocycles. The molecule has 2 heteroatoms. The lowest BCUT2D eigenvalue weighted by Crippen LogP contribution is -2.30. The molecule has 0 aliphatic carbocycles. The van der Waals surface area contributed by atoms with E-state index >= 15 is 0 Å². The molecule has 0 saturated heterocycles. The molecule has 0 aromatic rings. The lowest BCUT2D eigenvalue weighted by Gasteiger charge is -2.28. The van der Waals surface area contributed by atoms with Gasteiger partial charge >= 0.3 is 5.97 Å². The van der Waals surface area contributed by atoms with E-state index in [0.717, 1.165) is 32.1 Å². The highest BCUT2D eigenvalue weighted by atomic mass is 16.4. The highest BCUT2D eigenvalue weighted by Gasteiger charge is 2.35. The third kappa shape index (κ3) is 18.0. The largest absolute Gasteiger partial charge is 0.481 e. The van der Waals surface area contributed by atoms with Gasteiger partial charge in [-0.05, 0) is 19.3 Å². The maximum absolute atomic E-state index is 11.9. The summed E-state index contributed by atoms with van der Waals surface area (Å²) >= 11 is 0. The summed E-state index contributed by atoms with van der Waals surface area (Å²) in [4.78, 5) is 11.9. The Hall–Kier alpha value is -0.530. The Morgan fingerprint density at radius 3 is 0.969 bits per heavy atom. The normalized spacial score (nSPS) is 13.3. The molecule has 192 valence electrons. The van der Waals surface area contributed by atoms with Crippen molar-refractivity contribution in [1.29, 1.82) is 0 Å². The van der Waals surface area contributed by atoms with Crippen molar-refractivity contribution in [3.05, 3.63) is 0 Å². The van der Waals surface area contributed by atoms with Gasteiger partial charge in [-0.3, -0.25) is 4.79 Å². The number of hydrogen-bond donors (Lipinski definition) is 1. The smallest absolute Gasteiger partial charge is 0.309 e. The fourth-order valence-electron chi connectivity index (χ4n) is 5.10. The Morgan fingerprint density at radius 2 is 0.719 bits per heavy atom. The minimum Gasteiger partial charge on any atom is -0.481 e. The third-order valence-corrected chi connectivity index (χ3v) is 7.65. The van der Waals surface area contributed by atoms with Crippen molar-refractivity contribution in [2.24, 2.45) is 5.41 Å². The van der Waals surface area contributed by atoms with Crippen LogP contribution < -0.4 is 0 Å². The molecule has 0 aromatic carbocycles. The maximum Gasteiger partial charge on any atom is 0.309 e. The number of carboxylic acid groups (broad SMARTS) is 1. The minimum atomic E-state index is -0.552. The van der Waals surface area contributed by atoms with Crippen LogP contribution in [0.3, 0.4) is 0 Å². The zero-order valence-electron chi connectivity index (χ0n) is 22.5. The van der Waals surface area contributed by atoms with Crippen LogP contribution in [-0.4, -0.2) is 11.1 Å². The first-order chi connectivity index (χ1) is 15.6. The van der Waals surface area contributed by atoms with Crippen LogP contribution in [0.2, 0.25) is 0 Å². The van der Waals surface area contributed by atoms with Crippen molar-refractivity contribution in [2.45, 2.75) is 181 Å². The first kappa shape index (κ1) is 31.5. The van der Waals surface area contributed by atoms with Crippen LogP contribution in [-0.2, 0) is 4.79 Å². The molecule has 1 N–H and O–H groups in total. The SMILES string of the molecule is CCCCCCCCCCCCCCCCCCCCC(CC)(CCCCCC)C(=O)O. The lowest BCUT2D eigenvalue weighted by atomic mass is 9.76. The van der Waals surface area contributed by atoms with E-state index in [-0.39, 0.29) is 0 Å². The van der Waals surface area contributed by atoms with E-state index in [1.165, 1.54) is 128 Å². The molecule has 0 aliphatic rings. The van der Waals surface area contributed by atoms with Crippen LogP contribution >= 0.6 is 0 Å². The van der Waals surface area contributed by atoms with Gasteiger partial charge in [0.1, 0.15) is 0 Å². The van der Waals surface area contributed by atoms with E-state index < -0.39 is 11.4 Å². The minimum absolute atomic E-state index is 0.456. The number of hydrogen-bond acceptors (Lipinski definition) is 1. The lowest BCUT2D eigenvalue weighted by molar-refractivity contribution is -0.150. The van der Waals surface area contributed by atoms with E-state index in [9.17, 15) is 9.90 Å². The summed E-state index contributed by atoms with van der Waals surface area (Å²) in [5, 5.41) is 9.82. The summed E-state index contributed by atoms with van der Waals surface area (Å²) in [5.41, 5.74) is -0.456. The molecule has 0 fully saturated rings. The second-order valence-corrected chi connectivity index (χ2v) is 10.5. The van der Waals surface area contributed by atoms with Gasteiger partial charge in [0.25, 0.3) is 0 Å².